The smallest absolute Gasteiger partial charge is 0.320 e. The van der Waals surface area contributed by atoms with Crippen LogP contribution in [0.1, 0.15) is 43.0 Å². The molecular weight excluding hydrogens is 530 g/mol. The molecule has 0 bridgehead atoms. The Morgan fingerprint density at radius 2 is 1.98 bits per heavy atom. The minimum atomic E-state index is -0.224. The topological polar surface area (TPSA) is 69.2 Å². The van der Waals surface area contributed by atoms with Crippen LogP contribution in [-0.2, 0) is 24.1 Å². The number of ether oxygens (including phenoxy) is 4. The number of hydrogen-bond acceptors (Lipinski definition) is 8. The summed E-state index contributed by atoms with van der Waals surface area (Å²) in [7, 11) is 3.18. The zero-order valence-electron chi connectivity index (χ0n) is 23.8. The quantitative estimate of drug-likeness (QED) is 0.321. The van der Waals surface area contributed by atoms with Crippen molar-refractivity contribution < 1.29 is 27.7 Å². The monoisotopic (exact) mass is 566 g/mol. The summed E-state index contributed by atoms with van der Waals surface area (Å²) in [5, 5.41) is 1.78. The molecule has 8 nitrogen and oxygen atoms in total. The van der Waals surface area contributed by atoms with Crippen LogP contribution in [0.25, 0.3) is 10.8 Å². The molecule has 1 unspecified atom stereocenters. The summed E-state index contributed by atoms with van der Waals surface area (Å²) in [5.74, 6) is 0.933. The van der Waals surface area contributed by atoms with E-state index in [-0.39, 0.29) is 24.2 Å². The molecule has 0 N–H and O–H groups in total. The Kier molecular flexibility index (Phi) is 7.70. The fourth-order valence-corrected chi connectivity index (χ4v) is 6.74. The van der Waals surface area contributed by atoms with Gasteiger partial charge in [-0.15, -0.1) is 0 Å². The van der Waals surface area contributed by atoms with Gasteiger partial charge in [0.2, 0.25) is 5.88 Å². The number of aryl methyl sites for hydroxylation is 1. The first kappa shape index (κ1) is 27.7. The number of aromatic nitrogens is 2. The van der Waals surface area contributed by atoms with Gasteiger partial charge in [-0.25, -0.2) is 8.78 Å². The maximum Gasteiger partial charge on any atom is 0.320 e. The molecule has 1 atom stereocenters. The van der Waals surface area contributed by atoms with Crippen molar-refractivity contribution >= 4 is 16.5 Å². The van der Waals surface area contributed by atoms with Crippen LogP contribution in [0.4, 0.5) is 14.5 Å². The van der Waals surface area contributed by atoms with Crippen LogP contribution in [0.2, 0.25) is 0 Å². The Bertz CT molecular complexity index is 1480. The second kappa shape index (κ2) is 11.4. The van der Waals surface area contributed by atoms with E-state index in [1.54, 1.807) is 20.3 Å². The Labute approximate surface area is 238 Å². The average molecular weight is 567 g/mol. The van der Waals surface area contributed by atoms with Gasteiger partial charge in [0.05, 0.1) is 31.2 Å². The second-order valence-corrected chi connectivity index (χ2v) is 11.1. The Hall–Kier alpha value is -3.50. The molecule has 0 aliphatic carbocycles. The molecule has 0 amide bonds. The van der Waals surface area contributed by atoms with Crippen molar-refractivity contribution in [2.45, 2.75) is 51.1 Å². The number of benzene rings is 2. The van der Waals surface area contributed by atoms with Crippen molar-refractivity contribution in [3.8, 4) is 17.6 Å². The molecule has 10 heteroatoms. The molecule has 41 heavy (non-hydrogen) atoms. The molecule has 3 aromatic rings. The van der Waals surface area contributed by atoms with E-state index in [2.05, 4.69) is 14.8 Å². The highest BCUT2D eigenvalue weighted by Gasteiger charge is 2.47. The average Bonchev–Trinajstić information content (AvgIpc) is 3.55. The Balaban J connectivity index is 1.33. The van der Waals surface area contributed by atoms with Crippen molar-refractivity contribution in [1.82, 2.24) is 14.9 Å². The number of rotatable bonds is 9. The van der Waals surface area contributed by atoms with E-state index in [0.717, 1.165) is 59.0 Å². The lowest BCUT2D eigenvalue weighted by molar-refractivity contribution is 0.0512. The first-order valence-electron chi connectivity index (χ1n) is 14.2. The minimum Gasteiger partial charge on any atom is -0.481 e. The van der Waals surface area contributed by atoms with E-state index in [0.29, 0.717) is 62.7 Å². The summed E-state index contributed by atoms with van der Waals surface area (Å²) in [4.78, 5) is 13.9. The number of anilines is 1. The van der Waals surface area contributed by atoms with Gasteiger partial charge in [0, 0.05) is 42.9 Å². The number of halogens is 2. The summed E-state index contributed by atoms with van der Waals surface area (Å²) >= 11 is 0. The lowest BCUT2D eigenvalue weighted by Gasteiger charge is -2.33. The zero-order chi connectivity index (χ0) is 28.6. The third-order valence-electron chi connectivity index (χ3n) is 8.67. The molecule has 6 rings (SSSR count). The first-order chi connectivity index (χ1) is 20.0. The van der Waals surface area contributed by atoms with Gasteiger partial charge in [0.1, 0.15) is 18.2 Å². The van der Waals surface area contributed by atoms with Gasteiger partial charge in [-0.05, 0) is 67.3 Å². The summed E-state index contributed by atoms with van der Waals surface area (Å²) in [5.41, 5.74) is 3.88. The van der Waals surface area contributed by atoms with Gasteiger partial charge < -0.3 is 23.8 Å². The molecule has 0 spiro atoms. The highest BCUT2D eigenvalue weighted by Crippen LogP contribution is 2.42. The van der Waals surface area contributed by atoms with Crippen LogP contribution in [0, 0.1) is 5.82 Å². The van der Waals surface area contributed by atoms with E-state index < -0.39 is 0 Å². The van der Waals surface area contributed by atoms with Gasteiger partial charge >= 0.3 is 6.01 Å². The van der Waals surface area contributed by atoms with Crippen molar-refractivity contribution in [2.75, 3.05) is 52.2 Å². The summed E-state index contributed by atoms with van der Waals surface area (Å²) < 4.78 is 51.1. The molecule has 2 fully saturated rings. The fourth-order valence-electron chi connectivity index (χ4n) is 6.74. The highest BCUT2D eigenvalue weighted by atomic mass is 19.1. The lowest BCUT2D eigenvalue weighted by atomic mass is 9.94. The van der Waals surface area contributed by atoms with Crippen molar-refractivity contribution in [2.24, 2.45) is 0 Å². The van der Waals surface area contributed by atoms with Crippen molar-refractivity contribution in [3.05, 3.63) is 58.8 Å². The number of methoxy groups -OCH3 is 2. The normalized spacial score (nSPS) is 21.4. The fraction of sp³-hybridized carbons (Fsp3) is 0.484. The predicted molar refractivity (Wildman–Crippen MR) is 152 cm³/mol. The molecule has 0 radical (unpaired) electrons. The van der Waals surface area contributed by atoms with E-state index in [4.69, 9.17) is 23.9 Å². The molecule has 2 aromatic carbocycles. The largest absolute Gasteiger partial charge is 0.481 e. The third kappa shape index (κ3) is 5.08. The molecule has 2 saturated heterocycles. The molecule has 1 aromatic heterocycles. The summed E-state index contributed by atoms with van der Waals surface area (Å²) in [6.07, 6.45) is 4.62. The van der Waals surface area contributed by atoms with Crippen LogP contribution < -0.4 is 19.1 Å². The van der Waals surface area contributed by atoms with Gasteiger partial charge in [-0.3, -0.25) is 4.90 Å². The zero-order valence-corrected chi connectivity index (χ0v) is 23.8. The molecule has 4 heterocycles. The summed E-state index contributed by atoms with van der Waals surface area (Å²) in [6.45, 7) is 5.19. The predicted octanol–water partition coefficient (Wildman–Crippen LogP) is 5.36. The van der Waals surface area contributed by atoms with Crippen molar-refractivity contribution in [3.63, 3.8) is 0 Å². The number of fused-ring (bicyclic) bond motifs is 3. The molecule has 0 saturated carbocycles. The molecule has 3 aliphatic heterocycles. The van der Waals surface area contributed by atoms with Crippen LogP contribution >= 0.6 is 0 Å². The Morgan fingerprint density at radius 3 is 2.76 bits per heavy atom. The van der Waals surface area contributed by atoms with Gasteiger partial charge in [0.15, 0.2) is 6.79 Å². The SMILES string of the molecule is CCc1c(F)ccc2cc(OCOC)cc(N3CCc4c(nc(OCC56CCCN5C/C(=C\F)C6)nc4OC)C3)c12. The highest BCUT2D eigenvalue weighted by molar-refractivity contribution is 5.98. The second-order valence-electron chi connectivity index (χ2n) is 11.1. The van der Waals surface area contributed by atoms with Crippen LogP contribution in [0.3, 0.4) is 0 Å². The van der Waals surface area contributed by atoms with Crippen LogP contribution in [0.15, 0.2) is 36.2 Å². The van der Waals surface area contributed by atoms with Gasteiger partial charge in [-0.2, -0.15) is 9.97 Å². The van der Waals surface area contributed by atoms with E-state index in [1.165, 1.54) is 6.07 Å². The summed E-state index contributed by atoms with van der Waals surface area (Å²) in [6, 6.07) is 7.43. The maximum atomic E-state index is 15.0. The van der Waals surface area contributed by atoms with Gasteiger partial charge in [0.25, 0.3) is 0 Å². The number of hydrogen-bond donors (Lipinski definition) is 0. The lowest BCUT2D eigenvalue weighted by Crippen LogP contribution is -2.43. The first-order valence-corrected chi connectivity index (χ1v) is 14.2. The van der Waals surface area contributed by atoms with E-state index in [9.17, 15) is 8.78 Å². The molecule has 218 valence electrons. The number of nitrogens with zero attached hydrogens (tertiary/aromatic N) is 4. The third-order valence-corrected chi connectivity index (χ3v) is 8.67. The van der Waals surface area contributed by atoms with Gasteiger partial charge in [-0.1, -0.05) is 13.0 Å². The maximum absolute atomic E-state index is 15.0. The van der Waals surface area contributed by atoms with E-state index >= 15 is 0 Å². The molecular formula is C31H36F2N4O4. The standard InChI is InChI=1S/C31H36F2N4O4/c1-4-23-25(33)7-6-21-12-22(41-19-38-2)13-27(28(21)23)36-11-8-24-26(17-36)34-30(35-29(24)39-3)40-18-31-9-5-10-37(31)16-20(14-31)15-32/h6-7,12-13,15H,4-5,8-11,14,16-19H2,1-3H3/b20-15-. The Morgan fingerprint density at radius 1 is 1.10 bits per heavy atom. The van der Waals surface area contributed by atoms with E-state index in [1.807, 2.05) is 19.1 Å². The van der Waals surface area contributed by atoms with Crippen molar-refractivity contribution in [1.29, 1.82) is 0 Å². The minimum absolute atomic E-state index is 0.113. The van der Waals surface area contributed by atoms with Crippen LogP contribution in [-0.4, -0.2) is 67.7 Å². The van der Waals surface area contributed by atoms with Crippen LogP contribution in [0.5, 0.6) is 17.6 Å². The molecule has 3 aliphatic rings.